The molecule has 0 aliphatic rings. The Bertz CT molecular complexity index is 1450. The van der Waals surface area contributed by atoms with Crippen molar-refractivity contribution < 1.29 is 19.4 Å². The van der Waals surface area contributed by atoms with Crippen molar-refractivity contribution in [2.75, 3.05) is 7.11 Å². The van der Waals surface area contributed by atoms with E-state index in [9.17, 15) is 9.90 Å². The van der Waals surface area contributed by atoms with Gasteiger partial charge in [-0.2, -0.15) is 0 Å². The number of ether oxygens (including phenoxy) is 2. The van der Waals surface area contributed by atoms with E-state index in [-0.39, 0.29) is 11.5 Å². The van der Waals surface area contributed by atoms with E-state index in [0.717, 1.165) is 28.8 Å². The van der Waals surface area contributed by atoms with Crippen LogP contribution in [0.25, 0.3) is 17.3 Å². The number of hydrogen-bond acceptors (Lipinski definition) is 5. The van der Waals surface area contributed by atoms with Crippen LogP contribution >= 0.6 is 0 Å². The number of carbonyl (C=O) groups excluding carboxylic acids is 1. The van der Waals surface area contributed by atoms with Gasteiger partial charge in [-0.1, -0.05) is 85.5 Å². The average molecular weight is 523 g/mol. The summed E-state index contributed by atoms with van der Waals surface area (Å²) in [5.74, 6) is 0.883. The lowest BCUT2D eigenvalue weighted by atomic mass is 10.1. The summed E-state index contributed by atoms with van der Waals surface area (Å²) in [5, 5.41) is 9.63. The number of aromatic nitrogens is 2. The molecule has 0 radical (unpaired) electrons. The smallest absolute Gasteiger partial charge is 0.228 e. The normalized spacial score (nSPS) is 11.6. The zero-order chi connectivity index (χ0) is 27.8. The molecule has 4 aromatic rings. The van der Waals surface area contributed by atoms with Crippen molar-refractivity contribution in [3.8, 4) is 17.0 Å². The van der Waals surface area contributed by atoms with Gasteiger partial charge in [0, 0.05) is 23.9 Å². The summed E-state index contributed by atoms with van der Waals surface area (Å²) in [6.45, 7) is 8.11. The third kappa shape index (κ3) is 7.12. The number of imidazole rings is 1. The Kier molecular flexibility index (Phi) is 8.79. The fourth-order valence-electron chi connectivity index (χ4n) is 3.91. The molecule has 200 valence electrons. The summed E-state index contributed by atoms with van der Waals surface area (Å²) in [4.78, 5) is 18.2. The van der Waals surface area contributed by atoms with Crippen LogP contribution in [0.4, 0.5) is 0 Å². The van der Waals surface area contributed by atoms with Gasteiger partial charge in [-0.3, -0.25) is 4.79 Å². The first-order valence-corrected chi connectivity index (χ1v) is 12.9. The van der Waals surface area contributed by atoms with Crippen molar-refractivity contribution in [3.05, 3.63) is 126 Å². The van der Waals surface area contributed by atoms with Crippen LogP contribution in [0.3, 0.4) is 0 Å². The average Bonchev–Trinajstić information content (AvgIpc) is 3.39. The summed E-state index contributed by atoms with van der Waals surface area (Å²) in [7, 11) is 1.58. The molecule has 0 amide bonds. The van der Waals surface area contributed by atoms with Crippen LogP contribution in [0.5, 0.6) is 5.75 Å². The topological polar surface area (TPSA) is 73.6 Å². The van der Waals surface area contributed by atoms with Crippen LogP contribution in [-0.2, 0) is 17.9 Å². The third-order valence-electron chi connectivity index (χ3n) is 6.50. The number of hydrogen-bond donors (Lipinski definition) is 1. The Balaban J connectivity index is 1.46. The Morgan fingerprint density at radius 3 is 2.49 bits per heavy atom. The Hall–Kier alpha value is -4.42. The number of ketones is 1. The van der Waals surface area contributed by atoms with Crippen molar-refractivity contribution in [2.24, 2.45) is 0 Å². The van der Waals surface area contributed by atoms with Crippen molar-refractivity contribution in [1.82, 2.24) is 9.55 Å². The molecule has 1 aromatic heterocycles. The molecule has 3 aromatic carbocycles. The van der Waals surface area contributed by atoms with E-state index in [1.807, 2.05) is 77.5 Å². The predicted molar refractivity (Wildman–Crippen MR) is 155 cm³/mol. The molecule has 0 spiro atoms. The quantitative estimate of drug-likeness (QED) is 0.157. The Morgan fingerprint density at radius 2 is 1.79 bits per heavy atom. The van der Waals surface area contributed by atoms with Gasteiger partial charge in [0.1, 0.15) is 17.1 Å². The highest BCUT2D eigenvalue weighted by Gasteiger charge is 2.22. The number of carbonyl (C=O) groups is 1. The number of aliphatic hydroxyl groups is 1. The second-order valence-electron chi connectivity index (χ2n) is 9.75. The van der Waals surface area contributed by atoms with Crippen molar-refractivity contribution in [1.29, 1.82) is 0 Å². The zero-order valence-electron chi connectivity index (χ0n) is 22.6. The summed E-state index contributed by atoms with van der Waals surface area (Å²) in [6, 6.07) is 25.1. The molecule has 0 saturated heterocycles. The van der Waals surface area contributed by atoms with Gasteiger partial charge < -0.3 is 19.1 Å². The molecule has 1 N–H and O–H groups in total. The number of aliphatic hydroxyl groups excluding tert-OH is 1. The Labute approximate surface area is 229 Å². The number of aryl methyl sites for hydroxylation is 1. The highest BCUT2D eigenvalue weighted by atomic mass is 16.5. The minimum Gasteiger partial charge on any atom is -0.510 e. The number of rotatable bonds is 12. The molecule has 6 heteroatoms. The van der Waals surface area contributed by atoms with E-state index in [1.165, 1.54) is 0 Å². The van der Waals surface area contributed by atoms with E-state index < -0.39 is 5.60 Å². The summed E-state index contributed by atoms with van der Waals surface area (Å²) >= 11 is 0. The summed E-state index contributed by atoms with van der Waals surface area (Å²) in [5.41, 5.74) is 3.53. The van der Waals surface area contributed by atoms with Crippen LogP contribution in [0.1, 0.15) is 47.6 Å². The molecule has 0 aliphatic heterocycles. The Morgan fingerprint density at radius 1 is 1.05 bits per heavy atom. The highest BCUT2D eigenvalue weighted by molar-refractivity contribution is 6.07. The first-order chi connectivity index (χ1) is 18.8. The zero-order valence-corrected chi connectivity index (χ0v) is 22.6. The van der Waals surface area contributed by atoms with Crippen molar-refractivity contribution >= 4 is 11.9 Å². The second-order valence-corrected chi connectivity index (χ2v) is 9.75. The predicted octanol–water partition coefficient (Wildman–Crippen LogP) is 7.26. The summed E-state index contributed by atoms with van der Waals surface area (Å²) in [6.07, 6.45) is 6.81. The van der Waals surface area contributed by atoms with Crippen LogP contribution in [0, 0.1) is 0 Å². The maximum atomic E-state index is 13.4. The molecule has 4 rings (SSSR count). The monoisotopic (exact) mass is 522 g/mol. The van der Waals surface area contributed by atoms with Crippen molar-refractivity contribution in [2.45, 2.75) is 39.0 Å². The maximum Gasteiger partial charge on any atom is 0.228 e. The van der Waals surface area contributed by atoms with Gasteiger partial charge >= 0.3 is 0 Å². The van der Waals surface area contributed by atoms with Gasteiger partial charge in [-0.05, 0) is 43.5 Å². The van der Waals surface area contributed by atoms with Crippen LogP contribution in [0.15, 0.2) is 103 Å². The van der Waals surface area contributed by atoms with Gasteiger partial charge in [0.2, 0.25) is 5.78 Å². The minimum absolute atomic E-state index is 0.00388. The highest BCUT2D eigenvalue weighted by Crippen LogP contribution is 2.23. The third-order valence-corrected chi connectivity index (χ3v) is 6.50. The molecule has 1 heterocycles. The molecular formula is C33H34N2O4. The first-order valence-electron chi connectivity index (χ1n) is 12.9. The molecular weight excluding hydrogens is 488 g/mol. The SMILES string of the molecule is C=C(O)C(C)(C)OCc1ccc(/C=C/CCn2cc(-c3ccccc3)nc2C(=O)c2cccc(OC)c2)cc1. The largest absolute Gasteiger partial charge is 0.510 e. The molecule has 39 heavy (non-hydrogen) atoms. The number of methoxy groups -OCH3 is 1. The van der Waals surface area contributed by atoms with E-state index in [2.05, 4.69) is 18.7 Å². The fraction of sp³-hybridized carbons (Fsp3) is 0.212. The van der Waals surface area contributed by atoms with Crippen molar-refractivity contribution in [3.63, 3.8) is 0 Å². The van der Waals surface area contributed by atoms with E-state index in [0.29, 0.717) is 30.3 Å². The molecule has 0 unspecified atom stereocenters. The van der Waals surface area contributed by atoms with Gasteiger partial charge in [0.15, 0.2) is 5.82 Å². The standard InChI is InChI=1S/C33H34N2O4/c1-24(36)33(2,3)39-23-26-18-16-25(17-19-26)11-8-9-20-35-22-30(27-12-6-5-7-13-27)34-32(35)31(37)28-14-10-15-29(21-28)38-4/h5-8,10-19,21-22,36H,1,9,20,23H2,2-4H3/b11-8+. The molecule has 0 fully saturated rings. The van der Waals surface area contributed by atoms with Crippen LogP contribution in [-0.4, -0.2) is 33.2 Å². The lowest BCUT2D eigenvalue weighted by Gasteiger charge is -2.23. The molecule has 0 saturated carbocycles. The van der Waals surface area contributed by atoms with Crippen LogP contribution < -0.4 is 4.74 Å². The van der Waals surface area contributed by atoms with E-state index in [4.69, 9.17) is 14.5 Å². The number of allylic oxidation sites excluding steroid dienone is 1. The molecule has 0 aliphatic carbocycles. The fourth-order valence-corrected chi connectivity index (χ4v) is 3.91. The van der Waals surface area contributed by atoms with Gasteiger partial charge in [0.05, 0.1) is 19.4 Å². The molecule has 6 nitrogen and oxygen atoms in total. The van der Waals surface area contributed by atoms with Gasteiger partial charge in [0.25, 0.3) is 0 Å². The minimum atomic E-state index is -0.793. The summed E-state index contributed by atoms with van der Waals surface area (Å²) < 4.78 is 13.0. The van der Waals surface area contributed by atoms with E-state index in [1.54, 1.807) is 33.1 Å². The molecule has 0 bridgehead atoms. The van der Waals surface area contributed by atoms with Gasteiger partial charge in [-0.15, -0.1) is 0 Å². The lowest BCUT2D eigenvalue weighted by molar-refractivity contribution is -0.0274. The molecule has 0 atom stereocenters. The maximum absolute atomic E-state index is 13.4. The second kappa shape index (κ2) is 12.4. The van der Waals surface area contributed by atoms with Crippen LogP contribution in [0.2, 0.25) is 0 Å². The first kappa shape index (κ1) is 27.6. The lowest BCUT2D eigenvalue weighted by Crippen LogP contribution is -2.26. The van der Waals surface area contributed by atoms with Gasteiger partial charge in [-0.25, -0.2) is 4.98 Å². The number of nitrogens with zero attached hydrogens (tertiary/aromatic N) is 2. The van der Waals surface area contributed by atoms with E-state index >= 15 is 0 Å². The number of benzene rings is 3.